The molecule has 30 heavy (non-hydrogen) atoms. The number of sulfone groups is 1. The predicted molar refractivity (Wildman–Crippen MR) is 130 cm³/mol. The van der Waals surface area contributed by atoms with Crippen LogP contribution in [0.25, 0.3) is 0 Å². The molecule has 10 heteroatoms. The van der Waals surface area contributed by atoms with Gasteiger partial charge in [-0.05, 0) is 19.4 Å². The number of nitrogens with one attached hydrogen (secondary N) is 2. The van der Waals surface area contributed by atoms with E-state index in [9.17, 15) is 8.42 Å². The second-order valence-electron chi connectivity index (χ2n) is 7.35. The molecule has 2 N–H and O–H groups in total. The van der Waals surface area contributed by atoms with Crippen LogP contribution in [0.2, 0.25) is 0 Å². The minimum Gasteiger partial charge on any atom is -0.492 e. The molecule has 2 fully saturated rings. The molecule has 2 aliphatic heterocycles. The number of rotatable bonds is 8. The first-order valence-corrected chi connectivity index (χ1v) is 12.1. The Balaban J connectivity index is 0.00000320. The van der Waals surface area contributed by atoms with Gasteiger partial charge in [0.1, 0.15) is 12.4 Å². The van der Waals surface area contributed by atoms with Crippen LogP contribution in [0.5, 0.6) is 5.75 Å². The minimum atomic E-state index is -2.93. The Hall–Kier alpha value is -1.11. The highest BCUT2D eigenvalue weighted by molar-refractivity contribution is 14.0. The van der Waals surface area contributed by atoms with E-state index in [1.54, 1.807) is 0 Å². The molecular formula is C20H33IN4O4S. The van der Waals surface area contributed by atoms with Gasteiger partial charge in [-0.3, -0.25) is 4.90 Å². The normalized spacial score (nSPS) is 21.6. The quantitative estimate of drug-likeness (QED) is 0.285. The van der Waals surface area contributed by atoms with Crippen LogP contribution >= 0.6 is 24.0 Å². The second-order valence-corrected chi connectivity index (χ2v) is 9.58. The summed E-state index contributed by atoms with van der Waals surface area (Å²) in [6.07, 6.45) is 0.619. The van der Waals surface area contributed by atoms with Gasteiger partial charge in [-0.15, -0.1) is 24.0 Å². The summed E-state index contributed by atoms with van der Waals surface area (Å²) in [6, 6.07) is 7.83. The molecule has 0 bridgehead atoms. The number of aliphatic imine (C=N–C) groups is 1. The van der Waals surface area contributed by atoms with Gasteiger partial charge in [-0.25, -0.2) is 13.4 Å². The molecule has 2 heterocycles. The minimum absolute atomic E-state index is 0. The monoisotopic (exact) mass is 552 g/mol. The fraction of sp³-hybridized carbons (Fsp3) is 0.650. The summed E-state index contributed by atoms with van der Waals surface area (Å²) in [7, 11) is -2.93. The molecule has 170 valence electrons. The maximum atomic E-state index is 11.7. The number of guanidine groups is 1. The Morgan fingerprint density at radius 2 is 2.07 bits per heavy atom. The van der Waals surface area contributed by atoms with E-state index < -0.39 is 9.84 Å². The summed E-state index contributed by atoms with van der Waals surface area (Å²) >= 11 is 0. The van der Waals surface area contributed by atoms with Crippen molar-refractivity contribution in [3.8, 4) is 5.75 Å². The number of morpholine rings is 1. The first kappa shape index (κ1) is 25.2. The van der Waals surface area contributed by atoms with Crippen LogP contribution in [-0.4, -0.2) is 82.8 Å². The van der Waals surface area contributed by atoms with E-state index in [0.29, 0.717) is 32.1 Å². The van der Waals surface area contributed by atoms with Crippen molar-refractivity contribution in [2.75, 3.05) is 57.5 Å². The summed E-state index contributed by atoms with van der Waals surface area (Å²) in [5.74, 6) is 1.88. The molecule has 0 saturated carbocycles. The van der Waals surface area contributed by atoms with Crippen molar-refractivity contribution in [3.63, 3.8) is 0 Å². The fourth-order valence-electron chi connectivity index (χ4n) is 3.47. The molecule has 1 aromatic rings. The number of benzene rings is 1. The van der Waals surface area contributed by atoms with Crippen LogP contribution in [-0.2, 0) is 21.1 Å². The Morgan fingerprint density at radius 1 is 1.30 bits per heavy atom. The standard InChI is InChI=1S/C20H32N4O4S.HI/c1-2-21-20(23-18-7-14-29(25,26)16-18)22-15-17-5-3-4-6-19(17)28-13-10-24-8-11-27-12-9-24;/h3-6,18H,2,7-16H2,1H3,(H2,21,22,23);1H. The first-order chi connectivity index (χ1) is 14.1. The third kappa shape index (κ3) is 8.20. The van der Waals surface area contributed by atoms with Crippen LogP contribution in [0.15, 0.2) is 29.3 Å². The van der Waals surface area contributed by atoms with Crippen LogP contribution < -0.4 is 15.4 Å². The van der Waals surface area contributed by atoms with Gasteiger partial charge >= 0.3 is 0 Å². The zero-order valence-electron chi connectivity index (χ0n) is 17.5. The molecule has 8 nitrogen and oxygen atoms in total. The van der Waals surface area contributed by atoms with Crippen LogP contribution in [0, 0.1) is 0 Å². The third-order valence-electron chi connectivity index (χ3n) is 5.07. The lowest BCUT2D eigenvalue weighted by Gasteiger charge is -2.26. The van der Waals surface area contributed by atoms with Crippen molar-refractivity contribution < 1.29 is 17.9 Å². The van der Waals surface area contributed by atoms with E-state index in [1.165, 1.54) is 0 Å². The predicted octanol–water partition coefficient (Wildman–Crippen LogP) is 1.26. The van der Waals surface area contributed by atoms with Crippen molar-refractivity contribution in [3.05, 3.63) is 29.8 Å². The average molecular weight is 552 g/mol. The van der Waals surface area contributed by atoms with Crippen LogP contribution in [0.1, 0.15) is 18.9 Å². The molecule has 0 aliphatic carbocycles. The van der Waals surface area contributed by atoms with E-state index in [4.69, 9.17) is 9.47 Å². The van der Waals surface area contributed by atoms with E-state index in [1.807, 2.05) is 31.2 Å². The highest BCUT2D eigenvalue weighted by atomic mass is 127. The Labute approximate surface area is 196 Å². The fourth-order valence-corrected chi connectivity index (χ4v) is 5.14. The van der Waals surface area contributed by atoms with Gasteiger partial charge in [0.25, 0.3) is 0 Å². The third-order valence-corrected chi connectivity index (χ3v) is 6.83. The molecule has 1 unspecified atom stereocenters. The number of hydrogen-bond donors (Lipinski definition) is 2. The lowest BCUT2D eigenvalue weighted by atomic mass is 10.2. The average Bonchev–Trinajstić information content (AvgIpc) is 3.06. The van der Waals surface area contributed by atoms with Gasteiger partial charge in [0.05, 0.1) is 31.3 Å². The highest BCUT2D eigenvalue weighted by Crippen LogP contribution is 2.19. The van der Waals surface area contributed by atoms with Gasteiger partial charge in [-0.1, -0.05) is 18.2 Å². The number of ether oxygens (including phenoxy) is 2. The Kier molecular flexibility index (Phi) is 10.6. The van der Waals surface area contributed by atoms with E-state index in [2.05, 4.69) is 20.5 Å². The molecule has 0 radical (unpaired) electrons. The summed E-state index contributed by atoms with van der Waals surface area (Å²) in [5, 5.41) is 6.45. The van der Waals surface area contributed by atoms with Crippen LogP contribution in [0.4, 0.5) is 0 Å². The van der Waals surface area contributed by atoms with Gasteiger partial charge in [0.15, 0.2) is 15.8 Å². The first-order valence-electron chi connectivity index (χ1n) is 10.3. The van der Waals surface area contributed by atoms with E-state index in [0.717, 1.165) is 44.2 Å². The zero-order valence-corrected chi connectivity index (χ0v) is 20.7. The van der Waals surface area contributed by atoms with Crippen molar-refractivity contribution >= 4 is 39.8 Å². The molecule has 1 aromatic carbocycles. The Morgan fingerprint density at radius 3 is 2.77 bits per heavy atom. The molecule has 1 atom stereocenters. The smallest absolute Gasteiger partial charge is 0.191 e. The highest BCUT2D eigenvalue weighted by Gasteiger charge is 2.28. The van der Waals surface area contributed by atoms with E-state index in [-0.39, 0.29) is 41.5 Å². The molecule has 2 aliphatic rings. The lowest BCUT2D eigenvalue weighted by molar-refractivity contribution is 0.0322. The van der Waals surface area contributed by atoms with Gasteiger partial charge in [0, 0.05) is 37.8 Å². The van der Waals surface area contributed by atoms with Gasteiger partial charge in [-0.2, -0.15) is 0 Å². The maximum absolute atomic E-state index is 11.7. The van der Waals surface area contributed by atoms with Crippen molar-refractivity contribution in [1.82, 2.24) is 15.5 Å². The topological polar surface area (TPSA) is 92.3 Å². The largest absolute Gasteiger partial charge is 0.492 e. The maximum Gasteiger partial charge on any atom is 0.191 e. The van der Waals surface area contributed by atoms with Gasteiger partial charge in [0.2, 0.25) is 0 Å². The molecule has 0 aromatic heterocycles. The molecule has 2 saturated heterocycles. The van der Waals surface area contributed by atoms with Crippen LogP contribution in [0.3, 0.4) is 0 Å². The second kappa shape index (κ2) is 12.7. The number of nitrogens with zero attached hydrogens (tertiary/aromatic N) is 2. The summed E-state index contributed by atoms with van der Waals surface area (Å²) in [6.45, 7) is 8.13. The summed E-state index contributed by atoms with van der Waals surface area (Å²) in [4.78, 5) is 6.99. The Bertz CT molecular complexity index is 785. The number of halogens is 1. The molecule has 0 amide bonds. The number of hydrogen-bond acceptors (Lipinski definition) is 6. The summed E-state index contributed by atoms with van der Waals surface area (Å²) < 4.78 is 34.8. The van der Waals surface area contributed by atoms with Crippen molar-refractivity contribution in [2.45, 2.75) is 25.9 Å². The van der Waals surface area contributed by atoms with Crippen molar-refractivity contribution in [2.24, 2.45) is 4.99 Å². The van der Waals surface area contributed by atoms with Crippen molar-refractivity contribution in [1.29, 1.82) is 0 Å². The number of para-hydroxylation sites is 1. The summed E-state index contributed by atoms with van der Waals surface area (Å²) in [5.41, 5.74) is 1.01. The van der Waals surface area contributed by atoms with Gasteiger partial charge < -0.3 is 20.1 Å². The molecule has 0 spiro atoms. The lowest BCUT2D eigenvalue weighted by Crippen LogP contribution is -2.44. The van der Waals surface area contributed by atoms with E-state index >= 15 is 0 Å². The molecule has 3 rings (SSSR count). The zero-order chi connectivity index (χ0) is 20.5. The molecular weight excluding hydrogens is 519 g/mol. The SMILES string of the molecule is CCNC(=NCc1ccccc1OCCN1CCOCC1)NC1CCS(=O)(=O)C1.I.